The van der Waals surface area contributed by atoms with Crippen molar-refractivity contribution in [2.45, 2.75) is 83.1 Å². The van der Waals surface area contributed by atoms with Crippen LogP contribution in [0.25, 0.3) is 0 Å². The van der Waals surface area contributed by atoms with Gasteiger partial charge in [0.15, 0.2) is 0 Å². The molecule has 2 saturated carbocycles. The first-order chi connectivity index (χ1) is 11.2. The highest BCUT2D eigenvalue weighted by Crippen LogP contribution is 2.30. The van der Waals surface area contributed by atoms with Gasteiger partial charge in [-0.3, -0.25) is 0 Å². The van der Waals surface area contributed by atoms with Crippen LogP contribution in [0.5, 0.6) is 0 Å². The van der Waals surface area contributed by atoms with Crippen molar-refractivity contribution in [1.82, 2.24) is 0 Å². The first-order valence-electron chi connectivity index (χ1n) is 10.3. The molecule has 0 aromatic heterocycles. The fourth-order valence-electron chi connectivity index (χ4n) is 5.68. The average molecular weight is 326 g/mol. The minimum Gasteiger partial charge on any atom is -0.600 e. The van der Waals surface area contributed by atoms with Crippen molar-refractivity contribution in [3.05, 3.63) is 5.21 Å². The molecule has 4 heteroatoms. The van der Waals surface area contributed by atoms with Gasteiger partial charge in [0.2, 0.25) is 0 Å². The lowest BCUT2D eigenvalue weighted by atomic mass is 9.79. The SMILES string of the molecule is [O-][NH+](O)C1CCCCC1C[NH+]1CCCC(CC2CCCCC2)C1. The molecule has 0 aromatic rings. The summed E-state index contributed by atoms with van der Waals surface area (Å²) in [6.07, 6.45) is 16.0. The number of piperidine rings is 1. The van der Waals surface area contributed by atoms with E-state index in [9.17, 15) is 10.4 Å². The Labute approximate surface area is 141 Å². The van der Waals surface area contributed by atoms with Crippen LogP contribution in [0.15, 0.2) is 0 Å². The minimum absolute atomic E-state index is 0.0602. The average Bonchev–Trinajstić information content (AvgIpc) is 2.56. The summed E-state index contributed by atoms with van der Waals surface area (Å²) in [5.74, 6) is 2.34. The van der Waals surface area contributed by atoms with Crippen LogP contribution >= 0.6 is 0 Å². The summed E-state index contributed by atoms with van der Waals surface area (Å²) in [7, 11) is 0. The van der Waals surface area contributed by atoms with Gasteiger partial charge < -0.3 is 10.1 Å². The quantitative estimate of drug-likeness (QED) is 0.672. The molecule has 4 nitrogen and oxygen atoms in total. The van der Waals surface area contributed by atoms with Crippen molar-refractivity contribution in [2.24, 2.45) is 17.8 Å². The van der Waals surface area contributed by atoms with E-state index in [4.69, 9.17) is 0 Å². The fraction of sp³-hybridized carbons (Fsp3) is 1.00. The van der Waals surface area contributed by atoms with E-state index < -0.39 is 5.23 Å². The smallest absolute Gasteiger partial charge is 0.125 e. The standard InChI is InChI=1S/C19H36N2O2/c22-21(23)19-11-5-4-10-18(19)15-20-12-6-9-17(14-20)13-16-7-2-1-3-8-16/h16-19,21-22H,1-15H2/p+1. The Bertz CT molecular complexity index is 344. The molecule has 5 atom stereocenters. The van der Waals surface area contributed by atoms with E-state index in [-0.39, 0.29) is 6.04 Å². The highest BCUT2D eigenvalue weighted by atomic mass is 16.8. The Kier molecular flexibility index (Phi) is 6.75. The van der Waals surface area contributed by atoms with Crippen LogP contribution in [0.4, 0.5) is 0 Å². The van der Waals surface area contributed by atoms with Gasteiger partial charge in [0.05, 0.1) is 25.6 Å². The van der Waals surface area contributed by atoms with Gasteiger partial charge in [-0.1, -0.05) is 38.5 Å². The minimum atomic E-state index is -0.537. The van der Waals surface area contributed by atoms with Gasteiger partial charge in [-0.2, -0.15) is 0 Å². The van der Waals surface area contributed by atoms with E-state index >= 15 is 0 Å². The summed E-state index contributed by atoms with van der Waals surface area (Å²) in [6, 6.07) is -0.0602. The first-order valence-corrected chi connectivity index (χ1v) is 10.3. The van der Waals surface area contributed by atoms with Crippen LogP contribution in [0.2, 0.25) is 0 Å². The van der Waals surface area contributed by atoms with E-state index in [0.29, 0.717) is 5.92 Å². The summed E-state index contributed by atoms with van der Waals surface area (Å²) in [5, 5.41) is 20.5. The second kappa shape index (κ2) is 8.80. The second-order valence-corrected chi connectivity index (χ2v) is 8.65. The van der Waals surface area contributed by atoms with Crippen molar-refractivity contribution in [3.63, 3.8) is 0 Å². The van der Waals surface area contributed by atoms with Crippen molar-refractivity contribution >= 4 is 0 Å². The zero-order valence-electron chi connectivity index (χ0n) is 14.8. The monoisotopic (exact) mass is 325 g/mol. The van der Waals surface area contributed by atoms with Gasteiger partial charge in [0, 0.05) is 12.3 Å². The molecule has 134 valence electrons. The molecule has 1 saturated heterocycles. The number of quaternary nitrogens is 2. The summed E-state index contributed by atoms with van der Waals surface area (Å²) in [5.41, 5.74) is 0. The first kappa shape index (κ1) is 17.7. The van der Waals surface area contributed by atoms with Crippen LogP contribution in [0.1, 0.15) is 77.0 Å². The third kappa shape index (κ3) is 5.15. The van der Waals surface area contributed by atoms with Gasteiger partial charge >= 0.3 is 0 Å². The highest BCUT2D eigenvalue weighted by Gasteiger charge is 2.35. The Balaban J connectivity index is 1.47. The Morgan fingerprint density at radius 3 is 2.35 bits per heavy atom. The molecule has 3 N–H and O–H groups in total. The van der Waals surface area contributed by atoms with E-state index in [0.717, 1.165) is 37.6 Å². The second-order valence-electron chi connectivity index (χ2n) is 8.65. The normalized spacial score (nSPS) is 38.3. The van der Waals surface area contributed by atoms with Crippen LogP contribution in [0.3, 0.4) is 0 Å². The Morgan fingerprint density at radius 1 is 0.870 bits per heavy atom. The van der Waals surface area contributed by atoms with Crippen LogP contribution < -0.4 is 10.1 Å². The maximum Gasteiger partial charge on any atom is 0.125 e. The number of hydroxylamine groups is 2. The zero-order valence-corrected chi connectivity index (χ0v) is 14.8. The maximum absolute atomic E-state index is 11.5. The van der Waals surface area contributed by atoms with Gasteiger partial charge in [-0.25, -0.2) is 10.4 Å². The lowest BCUT2D eigenvalue weighted by molar-refractivity contribution is -1.07. The molecule has 0 radical (unpaired) electrons. The number of likely N-dealkylation sites (tertiary alicyclic amines) is 1. The molecule has 3 rings (SSSR count). The summed E-state index contributed by atoms with van der Waals surface area (Å²) in [6.45, 7) is 3.72. The van der Waals surface area contributed by atoms with E-state index in [1.54, 1.807) is 4.90 Å². The number of nitrogens with one attached hydrogen (secondary N) is 2. The topological polar surface area (TPSA) is 52.2 Å². The molecule has 1 aliphatic heterocycles. The molecule has 3 fully saturated rings. The lowest BCUT2D eigenvalue weighted by Gasteiger charge is -2.38. The predicted molar refractivity (Wildman–Crippen MR) is 91.3 cm³/mol. The molecule has 0 amide bonds. The largest absolute Gasteiger partial charge is 0.600 e. The molecular formula is C19H37N2O2+. The third-order valence-corrected chi connectivity index (χ3v) is 6.89. The molecule has 0 aromatic carbocycles. The molecule has 23 heavy (non-hydrogen) atoms. The van der Waals surface area contributed by atoms with E-state index in [1.807, 2.05) is 0 Å². The Morgan fingerprint density at radius 2 is 1.57 bits per heavy atom. The van der Waals surface area contributed by atoms with Crippen LogP contribution in [0, 0.1) is 23.0 Å². The van der Waals surface area contributed by atoms with Gasteiger partial charge in [0.25, 0.3) is 0 Å². The van der Waals surface area contributed by atoms with E-state index in [1.165, 1.54) is 70.9 Å². The summed E-state index contributed by atoms with van der Waals surface area (Å²) < 4.78 is 0. The lowest BCUT2D eigenvalue weighted by Crippen LogP contribution is -3.16. The van der Waals surface area contributed by atoms with E-state index in [2.05, 4.69) is 0 Å². The van der Waals surface area contributed by atoms with Gasteiger partial charge in [-0.15, -0.1) is 0 Å². The fourth-order valence-corrected chi connectivity index (χ4v) is 5.68. The highest BCUT2D eigenvalue weighted by molar-refractivity contribution is 4.75. The third-order valence-electron chi connectivity index (χ3n) is 6.89. The summed E-state index contributed by atoms with van der Waals surface area (Å²) >= 11 is 0. The Hall–Kier alpha value is -0.160. The molecule has 2 aliphatic carbocycles. The van der Waals surface area contributed by atoms with Crippen molar-refractivity contribution in [2.75, 3.05) is 19.6 Å². The van der Waals surface area contributed by atoms with Gasteiger partial charge in [0.1, 0.15) is 6.04 Å². The van der Waals surface area contributed by atoms with Gasteiger partial charge in [-0.05, 0) is 38.0 Å². The molecular weight excluding hydrogens is 288 g/mol. The van der Waals surface area contributed by atoms with Crippen molar-refractivity contribution in [3.8, 4) is 0 Å². The van der Waals surface area contributed by atoms with Crippen LogP contribution in [-0.4, -0.2) is 30.9 Å². The molecule has 5 unspecified atom stereocenters. The molecule has 3 aliphatic rings. The predicted octanol–water partition coefficient (Wildman–Crippen LogP) is 1.58. The number of hydrogen-bond acceptors (Lipinski definition) is 2. The number of rotatable bonds is 5. The summed E-state index contributed by atoms with van der Waals surface area (Å²) in [4.78, 5) is 1.72. The van der Waals surface area contributed by atoms with Crippen molar-refractivity contribution in [1.29, 1.82) is 0 Å². The molecule has 0 spiro atoms. The van der Waals surface area contributed by atoms with Crippen LogP contribution in [-0.2, 0) is 0 Å². The number of hydrogen-bond donors (Lipinski definition) is 3. The zero-order chi connectivity index (χ0) is 16.1. The molecule has 1 heterocycles. The maximum atomic E-state index is 11.5. The van der Waals surface area contributed by atoms with Crippen molar-refractivity contribution < 1.29 is 15.3 Å². The molecule has 0 bridgehead atoms.